The summed E-state index contributed by atoms with van der Waals surface area (Å²) in [6, 6.07) is -0.638. The van der Waals surface area contributed by atoms with Crippen molar-refractivity contribution < 1.29 is 15.0 Å². The molecule has 63 heavy (non-hydrogen) atoms. The predicted octanol–water partition coefficient (Wildman–Crippen LogP) is 18.9. The molecule has 1 amide bonds. The Hall–Kier alpha value is -1.39. The molecule has 0 saturated heterocycles. The number of carbonyl (C=O) groups excluding carboxylic acids is 1. The van der Waals surface area contributed by atoms with Crippen LogP contribution in [-0.2, 0) is 4.79 Å². The third-order valence-electron chi connectivity index (χ3n) is 13.3. The second-order valence-corrected chi connectivity index (χ2v) is 19.7. The Labute approximate surface area is 395 Å². The average Bonchev–Trinajstić information content (AvgIpc) is 3.29. The van der Waals surface area contributed by atoms with E-state index < -0.39 is 12.1 Å². The Balaban J connectivity index is 3.47. The first kappa shape index (κ1) is 61.6. The van der Waals surface area contributed by atoms with Gasteiger partial charge in [-0.1, -0.05) is 288 Å². The van der Waals surface area contributed by atoms with Gasteiger partial charge in [0.1, 0.15) is 0 Å². The summed E-state index contributed by atoms with van der Waals surface area (Å²) >= 11 is 0. The zero-order valence-electron chi connectivity index (χ0n) is 42.9. The van der Waals surface area contributed by atoms with Crippen molar-refractivity contribution in [3.63, 3.8) is 0 Å². The van der Waals surface area contributed by atoms with Crippen molar-refractivity contribution in [1.82, 2.24) is 5.32 Å². The molecule has 372 valence electrons. The summed E-state index contributed by atoms with van der Waals surface area (Å²) in [5.74, 6) is -0.0689. The fourth-order valence-electron chi connectivity index (χ4n) is 8.96. The van der Waals surface area contributed by atoms with Crippen molar-refractivity contribution in [3.05, 3.63) is 36.5 Å². The summed E-state index contributed by atoms with van der Waals surface area (Å²) in [6.07, 6.45) is 74.6. The molecule has 0 aliphatic heterocycles. The molecule has 0 aliphatic carbocycles. The quantitative estimate of drug-likeness (QED) is 0.0421. The van der Waals surface area contributed by atoms with Gasteiger partial charge in [-0.25, -0.2) is 0 Å². The van der Waals surface area contributed by atoms with Crippen LogP contribution < -0.4 is 5.32 Å². The second-order valence-electron chi connectivity index (χ2n) is 19.7. The standard InChI is InChI=1S/C59H113NO3/c1-3-5-7-9-11-13-15-17-19-21-23-24-25-26-27-28-29-30-31-32-33-34-35-37-39-41-43-45-47-49-51-53-55-59(63)60-57(56-61)58(62)54-52-50-48-46-44-42-40-38-36-22-20-18-16-14-12-10-8-6-4-2/h26-27,44,46,52,54,57-58,61-62H,3-25,28-43,45,47-51,53,55-56H2,1-2H3,(H,60,63)/b27-26-,46-44+,54-52+. The molecule has 0 aromatic rings. The first-order chi connectivity index (χ1) is 31.2. The van der Waals surface area contributed by atoms with Crippen LogP contribution in [0, 0.1) is 0 Å². The number of amides is 1. The van der Waals surface area contributed by atoms with Gasteiger partial charge in [-0.3, -0.25) is 4.79 Å². The molecule has 0 saturated carbocycles. The number of nitrogens with one attached hydrogen (secondary N) is 1. The van der Waals surface area contributed by atoms with Gasteiger partial charge in [0.05, 0.1) is 18.8 Å². The maximum atomic E-state index is 12.5. The molecular formula is C59H113NO3. The molecule has 3 N–H and O–H groups in total. The fourth-order valence-corrected chi connectivity index (χ4v) is 8.96. The monoisotopic (exact) mass is 884 g/mol. The third-order valence-corrected chi connectivity index (χ3v) is 13.3. The maximum absolute atomic E-state index is 12.5. The van der Waals surface area contributed by atoms with Crippen LogP contribution in [0.15, 0.2) is 36.5 Å². The van der Waals surface area contributed by atoms with Gasteiger partial charge in [-0.05, 0) is 57.8 Å². The lowest BCUT2D eigenvalue weighted by molar-refractivity contribution is -0.123. The number of rotatable bonds is 53. The smallest absolute Gasteiger partial charge is 0.220 e. The summed E-state index contributed by atoms with van der Waals surface area (Å²) < 4.78 is 0. The van der Waals surface area contributed by atoms with Crippen LogP contribution in [0.2, 0.25) is 0 Å². The zero-order valence-corrected chi connectivity index (χ0v) is 42.9. The van der Waals surface area contributed by atoms with Crippen LogP contribution in [0.3, 0.4) is 0 Å². The van der Waals surface area contributed by atoms with E-state index in [2.05, 4.69) is 43.5 Å². The van der Waals surface area contributed by atoms with E-state index in [1.54, 1.807) is 6.08 Å². The van der Waals surface area contributed by atoms with Crippen molar-refractivity contribution in [2.75, 3.05) is 6.61 Å². The molecule has 2 unspecified atom stereocenters. The Kier molecular flexibility index (Phi) is 53.7. The van der Waals surface area contributed by atoms with Gasteiger partial charge in [-0.15, -0.1) is 0 Å². The van der Waals surface area contributed by atoms with Crippen LogP contribution in [0.4, 0.5) is 0 Å². The highest BCUT2D eigenvalue weighted by Crippen LogP contribution is 2.17. The second kappa shape index (κ2) is 54.9. The molecule has 4 nitrogen and oxygen atoms in total. The number of aliphatic hydroxyl groups is 2. The van der Waals surface area contributed by atoms with Crippen LogP contribution in [0.5, 0.6) is 0 Å². The van der Waals surface area contributed by atoms with Gasteiger partial charge in [-0.2, -0.15) is 0 Å². The summed E-state index contributed by atoms with van der Waals surface area (Å²) in [5, 5.41) is 23.1. The minimum Gasteiger partial charge on any atom is -0.394 e. The minimum absolute atomic E-state index is 0.0689. The molecule has 0 radical (unpaired) electrons. The average molecular weight is 885 g/mol. The Morgan fingerprint density at radius 3 is 0.921 bits per heavy atom. The predicted molar refractivity (Wildman–Crippen MR) is 281 cm³/mol. The van der Waals surface area contributed by atoms with E-state index in [0.29, 0.717) is 6.42 Å². The van der Waals surface area contributed by atoms with Crippen LogP contribution in [0.25, 0.3) is 0 Å². The van der Waals surface area contributed by atoms with E-state index in [4.69, 9.17) is 0 Å². The summed E-state index contributed by atoms with van der Waals surface area (Å²) in [6.45, 7) is 4.33. The summed E-state index contributed by atoms with van der Waals surface area (Å²) in [5.41, 5.74) is 0. The van der Waals surface area contributed by atoms with E-state index in [-0.39, 0.29) is 12.5 Å². The van der Waals surface area contributed by atoms with E-state index >= 15 is 0 Å². The molecule has 0 aromatic heterocycles. The number of carbonyl (C=O) groups is 1. The molecule has 0 spiro atoms. The normalized spacial score (nSPS) is 13.0. The maximum Gasteiger partial charge on any atom is 0.220 e. The van der Waals surface area contributed by atoms with Gasteiger partial charge in [0.25, 0.3) is 0 Å². The molecule has 2 atom stereocenters. The summed E-state index contributed by atoms with van der Waals surface area (Å²) in [7, 11) is 0. The van der Waals surface area contributed by atoms with Gasteiger partial charge < -0.3 is 15.5 Å². The topological polar surface area (TPSA) is 69.6 Å². The molecule has 0 rings (SSSR count). The highest BCUT2D eigenvalue weighted by Gasteiger charge is 2.18. The van der Waals surface area contributed by atoms with Crippen LogP contribution in [-0.4, -0.2) is 34.9 Å². The number of hydrogen-bond donors (Lipinski definition) is 3. The largest absolute Gasteiger partial charge is 0.394 e. The van der Waals surface area contributed by atoms with E-state index in [9.17, 15) is 15.0 Å². The molecule has 0 fully saturated rings. The van der Waals surface area contributed by atoms with Crippen molar-refractivity contribution in [1.29, 1.82) is 0 Å². The lowest BCUT2D eigenvalue weighted by atomic mass is 10.0. The molecule has 0 aromatic carbocycles. The summed E-state index contributed by atoms with van der Waals surface area (Å²) in [4.78, 5) is 12.5. The van der Waals surface area contributed by atoms with Gasteiger partial charge in [0, 0.05) is 6.42 Å². The van der Waals surface area contributed by atoms with E-state index in [1.165, 1.54) is 263 Å². The molecule has 0 heterocycles. The number of unbranched alkanes of at least 4 members (excludes halogenated alkanes) is 42. The van der Waals surface area contributed by atoms with Gasteiger partial charge in [0.15, 0.2) is 0 Å². The van der Waals surface area contributed by atoms with Gasteiger partial charge >= 0.3 is 0 Å². The first-order valence-electron chi connectivity index (χ1n) is 28.7. The molecule has 4 heteroatoms. The molecular weight excluding hydrogens is 771 g/mol. The third kappa shape index (κ3) is 51.5. The lowest BCUT2D eigenvalue weighted by Gasteiger charge is -2.19. The van der Waals surface area contributed by atoms with Crippen molar-refractivity contribution in [2.45, 2.75) is 328 Å². The highest BCUT2D eigenvalue weighted by molar-refractivity contribution is 5.76. The van der Waals surface area contributed by atoms with Gasteiger partial charge in [0.2, 0.25) is 5.91 Å². The van der Waals surface area contributed by atoms with Crippen LogP contribution in [0.1, 0.15) is 316 Å². The highest BCUT2D eigenvalue weighted by atomic mass is 16.3. The number of hydrogen-bond acceptors (Lipinski definition) is 3. The number of aliphatic hydroxyl groups excluding tert-OH is 2. The van der Waals surface area contributed by atoms with E-state index in [1.807, 2.05) is 6.08 Å². The SMILES string of the molecule is CCCCCCCCCCCCCC/C=C\CCCCCCCCCCCCCCCCCCC(=O)NC(CO)C(O)/C=C/CC/C=C/CCCCCCCCCCCCCCC. The van der Waals surface area contributed by atoms with Crippen molar-refractivity contribution in [2.24, 2.45) is 0 Å². The Morgan fingerprint density at radius 2 is 0.619 bits per heavy atom. The first-order valence-corrected chi connectivity index (χ1v) is 28.7. The zero-order chi connectivity index (χ0) is 45.6. The van der Waals surface area contributed by atoms with Crippen molar-refractivity contribution >= 4 is 5.91 Å². The Bertz CT molecular complexity index is 958. The fraction of sp³-hybridized carbons (Fsp3) is 0.881. The van der Waals surface area contributed by atoms with E-state index in [0.717, 1.165) is 32.1 Å². The number of allylic oxidation sites excluding steroid dienone is 5. The van der Waals surface area contributed by atoms with Crippen LogP contribution >= 0.6 is 0 Å². The Morgan fingerprint density at radius 1 is 0.365 bits per heavy atom. The minimum atomic E-state index is -0.861. The molecule has 0 bridgehead atoms. The van der Waals surface area contributed by atoms with Crippen molar-refractivity contribution in [3.8, 4) is 0 Å². The molecule has 0 aliphatic rings. The lowest BCUT2D eigenvalue weighted by Crippen LogP contribution is -2.45.